The molecule has 4 rings (SSSR count). The molecule has 0 saturated heterocycles. The standard InChI is InChI=1S/C27H23Cl2N3OS/c1-18-15-22(19(2)32(18)25-11-7-23(28)8-12-25)16-30-31-27(33)21-5-3-20(4-6-21)17-34-26-13-9-24(29)10-14-26/h3-16H,17H2,1-2H3,(H,31,33)/b30-16-. The molecule has 1 amide bonds. The van der Waals surface area contributed by atoms with Crippen molar-refractivity contribution in [1.82, 2.24) is 9.99 Å². The maximum atomic E-state index is 12.5. The Morgan fingerprint density at radius 3 is 2.21 bits per heavy atom. The molecule has 0 aliphatic rings. The molecule has 0 bridgehead atoms. The lowest BCUT2D eigenvalue weighted by Crippen LogP contribution is -2.17. The van der Waals surface area contributed by atoms with Crippen LogP contribution in [0.15, 0.2) is 88.9 Å². The number of hydrogen-bond donors (Lipinski definition) is 1. The lowest BCUT2D eigenvalue weighted by atomic mass is 10.1. The van der Waals surface area contributed by atoms with Gasteiger partial charge in [0.2, 0.25) is 0 Å². The van der Waals surface area contributed by atoms with Gasteiger partial charge in [-0.2, -0.15) is 5.10 Å². The van der Waals surface area contributed by atoms with E-state index in [9.17, 15) is 4.79 Å². The first-order chi connectivity index (χ1) is 16.4. The highest BCUT2D eigenvalue weighted by atomic mass is 35.5. The highest BCUT2D eigenvalue weighted by Gasteiger charge is 2.10. The lowest BCUT2D eigenvalue weighted by molar-refractivity contribution is 0.0955. The van der Waals surface area contributed by atoms with E-state index in [-0.39, 0.29) is 5.91 Å². The van der Waals surface area contributed by atoms with Gasteiger partial charge in [-0.05, 0) is 86.1 Å². The third-order valence-corrected chi connectivity index (χ3v) is 6.95. The van der Waals surface area contributed by atoms with Gasteiger partial charge < -0.3 is 4.57 Å². The van der Waals surface area contributed by atoms with Gasteiger partial charge in [0.15, 0.2) is 0 Å². The summed E-state index contributed by atoms with van der Waals surface area (Å²) >= 11 is 13.7. The van der Waals surface area contributed by atoms with Gasteiger partial charge in [-0.15, -0.1) is 11.8 Å². The molecule has 1 heterocycles. The molecule has 0 fully saturated rings. The number of rotatable bonds is 7. The molecule has 3 aromatic carbocycles. The number of carbonyl (C=O) groups is 1. The Balaban J connectivity index is 1.36. The van der Waals surface area contributed by atoms with E-state index in [1.54, 1.807) is 18.0 Å². The summed E-state index contributed by atoms with van der Waals surface area (Å²) < 4.78 is 2.13. The van der Waals surface area contributed by atoms with Gasteiger partial charge >= 0.3 is 0 Å². The van der Waals surface area contributed by atoms with Crippen molar-refractivity contribution in [2.24, 2.45) is 5.10 Å². The highest BCUT2D eigenvalue weighted by molar-refractivity contribution is 7.98. The normalized spacial score (nSPS) is 11.2. The van der Waals surface area contributed by atoms with Crippen LogP contribution in [0.5, 0.6) is 0 Å². The van der Waals surface area contributed by atoms with E-state index >= 15 is 0 Å². The maximum Gasteiger partial charge on any atom is 0.271 e. The number of carbonyl (C=O) groups excluding carboxylic acids is 1. The number of hydrogen-bond acceptors (Lipinski definition) is 3. The topological polar surface area (TPSA) is 46.4 Å². The second-order valence-electron chi connectivity index (χ2n) is 7.78. The average Bonchev–Trinajstić information content (AvgIpc) is 3.12. The smallest absolute Gasteiger partial charge is 0.271 e. The number of aryl methyl sites for hydroxylation is 1. The molecule has 1 aromatic heterocycles. The van der Waals surface area contributed by atoms with Crippen LogP contribution >= 0.6 is 35.0 Å². The zero-order valence-electron chi connectivity index (χ0n) is 18.8. The summed E-state index contributed by atoms with van der Waals surface area (Å²) in [5.41, 5.74) is 8.37. The second kappa shape index (κ2) is 11.0. The summed E-state index contributed by atoms with van der Waals surface area (Å²) in [5, 5.41) is 5.60. The monoisotopic (exact) mass is 507 g/mol. The fourth-order valence-electron chi connectivity index (χ4n) is 3.58. The summed E-state index contributed by atoms with van der Waals surface area (Å²) in [6.07, 6.45) is 1.67. The Hall–Kier alpha value is -2.99. The number of nitrogens with zero attached hydrogens (tertiary/aromatic N) is 2. The van der Waals surface area contributed by atoms with Crippen LogP contribution in [-0.4, -0.2) is 16.7 Å². The minimum absolute atomic E-state index is 0.250. The zero-order valence-corrected chi connectivity index (χ0v) is 21.1. The Labute approximate surface area is 213 Å². The molecule has 4 aromatic rings. The molecule has 0 aliphatic heterocycles. The Morgan fingerprint density at radius 1 is 0.941 bits per heavy atom. The predicted octanol–water partition coefficient (Wildman–Crippen LogP) is 7.46. The van der Waals surface area contributed by atoms with Crippen LogP contribution in [0, 0.1) is 13.8 Å². The second-order valence-corrected chi connectivity index (χ2v) is 9.70. The van der Waals surface area contributed by atoms with E-state index in [1.807, 2.05) is 92.7 Å². The van der Waals surface area contributed by atoms with Crippen molar-refractivity contribution in [3.8, 4) is 5.69 Å². The van der Waals surface area contributed by atoms with Crippen molar-refractivity contribution in [3.05, 3.63) is 117 Å². The number of amides is 1. The van der Waals surface area contributed by atoms with E-state index in [0.29, 0.717) is 10.6 Å². The number of hydrazone groups is 1. The number of nitrogens with one attached hydrogen (secondary N) is 1. The van der Waals surface area contributed by atoms with E-state index in [1.165, 1.54) is 0 Å². The molecule has 4 nitrogen and oxygen atoms in total. The SMILES string of the molecule is Cc1cc(/C=N\NC(=O)c2ccc(CSc3ccc(Cl)cc3)cc2)c(C)n1-c1ccc(Cl)cc1. The Kier molecular flexibility index (Phi) is 7.78. The zero-order chi connectivity index (χ0) is 24.1. The molecule has 0 spiro atoms. The number of halogens is 2. The summed E-state index contributed by atoms with van der Waals surface area (Å²) in [6.45, 7) is 4.05. The predicted molar refractivity (Wildman–Crippen MR) is 143 cm³/mol. The van der Waals surface area contributed by atoms with Crippen LogP contribution in [0.4, 0.5) is 0 Å². The van der Waals surface area contributed by atoms with Crippen molar-refractivity contribution >= 4 is 47.1 Å². The van der Waals surface area contributed by atoms with Crippen molar-refractivity contribution in [1.29, 1.82) is 0 Å². The van der Waals surface area contributed by atoms with Gasteiger partial charge in [0.1, 0.15) is 0 Å². The van der Waals surface area contributed by atoms with E-state index in [2.05, 4.69) is 15.1 Å². The first kappa shape index (κ1) is 24.1. The minimum Gasteiger partial charge on any atom is -0.318 e. The summed E-state index contributed by atoms with van der Waals surface area (Å²) in [7, 11) is 0. The van der Waals surface area contributed by atoms with Crippen molar-refractivity contribution in [2.45, 2.75) is 24.5 Å². The fraction of sp³-hybridized carbons (Fsp3) is 0.111. The Bertz CT molecular complexity index is 1310. The first-order valence-electron chi connectivity index (χ1n) is 10.7. The van der Waals surface area contributed by atoms with Crippen LogP contribution in [0.2, 0.25) is 10.0 Å². The molecule has 1 N–H and O–H groups in total. The van der Waals surface area contributed by atoms with E-state index in [4.69, 9.17) is 23.2 Å². The van der Waals surface area contributed by atoms with Gasteiger partial charge in [0.05, 0.1) is 6.21 Å². The molecule has 7 heteroatoms. The first-order valence-corrected chi connectivity index (χ1v) is 12.4. The number of aromatic nitrogens is 1. The minimum atomic E-state index is -0.250. The quantitative estimate of drug-likeness (QED) is 0.160. The molecule has 0 unspecified atom stereocenters. The van der Waals surface area contributed by atoms with E-state index < -0.39 is 0 Å². The van der Waals surface area contributed by atoms with Crippen molar-refractivity contribution < 1.29 is 4.79 Å². The van der Waals surface area contributed by atoms with Gasteiger partial charge in [-0.3, -0.25) is 4.79 Å². The van der Waals surface area contributed by atoms with E-state index in [0.717, 1.165) is 43.9 Å². The molecule has 34 heavy (non-hydrogen) atoms. The van der Waals surface area contributed by atoms with Crippen LogP contribution in [0.3, 0.4) is 0 Å². The van der Waals surface area contributed by atoms with Crippen LogP contribution in [0.25, 0.3) is 5.69 Å². The number of benzene rings is 3. The third kappa shape index (κ3) is 5.92. The summed E-state index contributed by atoms with van der Waals surface area (Å²) in [4.78, 5) is 13.7. The molecular weight excluding hydrogens is 485 g/mol. The summed E-state index contributed by atoms with van der Waals surface area (Å²) in [6, 6.07) is 25.0. The third-order valence-electron chi connectivity index (χ3n) is 5.36. The van der Waals surface area contributed by atoms with Gasteiger partial charge in [0.25, 0.3) is 5.91 Å². The van der Waals surface area contributed by atoms with Crippen LogP contribution < -0.4 is 5.43 Å². The van der Waals surface area contributed by atoms with Gasteiger partial charge in [-0.1, -0.05) is 35.3 Å². The molecule has 172 valence electrons. The molecular formula is C27H23Cl2N3OS. The largest absolute Gasteiger partial charge is 0.318 e. The fourth-order valence-corrected chi connectivity index (χ4v) is 4.69. The Morgan fingerprint density at radius 2 is 1.56 bits per heavy atom. The summed E-state index contributed by atoms with van der Waals surface area (Å²) in [5.74, 6) is 0.560. The molecule has 0 saturated carbocycles. The molecule has 0 atom stereocenters. The van der Waals surface area contributed by atoms with Crippen LogP contribution in [-0.2, 0) is 5.75 Å². The maximum absolute atomic E-state index is 12.5. The van der Waals surface area contributed by atoms with Gasteiger partial charge in [0, 0.05) is 48.9 Å². The number of thioether (sulfide) groups is 1. The average molecular weight is 508 g/mol. The van der Waals surface area contributed by atoms with Crippen molar-refractivity contribution in [2.75, 3.05) is 0 Å². The van der Waals surface area contributed by atoms with Crippen molar-refractivity contribution in [3.63, 3.8) is 0 Å². The lowest BCUT2D eigenvalue weighted by Gasteiger charge is -2.09. The molecule has 0 aliphatic carbocycles. The van der Waals surface area contributed by atoms with Crippen LogP contribution in [0.1, 0.15) is 32.9 Å². The van der Waals surface area contributed by atoms with Gasteiger partial charge in [-0.25, -0.2) is 5.43 Å². The highest BCUT2D eigenvalue weighted by Crippen LogP contribution is 2.24. The molecule has 0 radical (unpaired) electrons.